The third-order valence-corrected chi connectivity index (χ3v) is 2.83. The van der Waals surface area contributed by atoms with E-state index in [1.807, 2.05) is 0 Å². The van der Waals surface area contributed by atoms with Crippen molar-refractivity contribution in [2.75, 3.05) is 13.9 Å². The fourth-order valence-electron chi connectivity index (χ4n) is 1.47. The number of benzene rings is 1. The van der Waals surface area contributed by atoms with Gasteiger partial charge in [0, 0.05) is 5.56 Å². The smallest absolute Gasteiger partial charge is 0.231 e. The first-order valence-electron chi connectivity index (χ1n) is 4.30. The van der Waals surface area contributed by atoms with E-state index < -0.39 is 0 Å². The van der Waals surface area contributed by atoms with Gasteiger partial charge in [0.2, 0.25) is 6.79 Å². The summed E-state index contributed by atoms with van der Waals surface area (Å²) < 4.78 is 16.4. The van der Waals surface area contributed by atoms with Crippen molar-refractivity contribution >= 4 is 15.9 Å². The average molecular weight is 270 g/mol. The molecule has 0 aromatic heterocycles. The Morgan fingerprint density at radius 3 is 3.07 bits per heavy atom. The summed E-state index contributed by atoms with van der Waals surface area (Å²) in [5, 5.41) is 8.69. The SMILES string of the molecule is COc1c(CC#N)cc2c(c1Br)OCO2. The van der Waals surface area contributed by atoms with Crippen LogP contribution in [0.2, 0.25) is 0 Å². The van der Waals surface area contributed by atoms with Gasteiger partial charge < -0.3 is 14.2 Å². The molecule has 0 saturated carbocycles. The van der Waals surface area contributed by atoms with Gasteiger partial charge in [-0.2, -0.15) is 5.26 Å². The van der Waals surface area contributed by atoms with Crippen molar-refractivity contribution in [2.24, 2.45) is 0 Å². The number of nitrogens with zero attached hydrogens (tertiary/aromatic N) is 1. The molecule has 0 atom stereocenters. The fraction of sp³-hybridized carbons (Fsp3) is 0.300. The van der Waals surface area contributed by atoms with Crippen molar-refractivity contribution < 1.29 is 14.2 Å². The van der Waals surface area contributed by atoms with Crippen molar-refractivity contribution in [1.82, 2.24) is 0 Å². The van der Waals surface area contributed by atoms with Crippen LogP contribution in [0.4, 0.5) is 0 Å². The van der Waals surface area contributed by atoms with Gasteiger partial charge in [-0.1, -0.05) is 0 Å². The molecule has 1 aliphatic heterocycles. The average Bonchev–Trinajstić information content (AvgIpc) is 2.67. The van der Waals surface area contributed by atoms with Crippen LogP contribution in [0, 0.1) is 11.3 Å². The Labute approximate surface area is 95.5 Å². The van der Waals surface area contributed by atoms with Crippen molar-refractivity contribution in [3.05, 3.63) is 16.1 Å². The number of fused-ring (bicyclic) bond motifs is 1. The molecule has 4 nitrogen and oxygen atoms in total. The summed E-state index contributed by atoms with van der Waals surface area (Å²) >= 11 is 3.37. The first-order valence-corrected chi connectivity index (χ1v) is 5.09. The lowest BCUT2D eigenvalue weighted by molar-refractivity contribution is 0.173. The number of ether oxygens (including phenoxy) is 3. The summed E-state index contributed by atoms with van der Waals surface area (Å²) in [6.45, 7) is 0.201. The number of hydrogen-bond acceptors (Lipinski definition) is 4. The maximum atomic E-state index is 8.69. The summed E-state index contributed by atoms with van der Waals surface area (Å²) in [5.41, 5.74) is 0.788. The highest BCUT2D eigenvalue weighted by Crippen LogP contribution is 2.46. The Kier molecular flexibility index (Phi) is 2.69. The predicted molar refractivity (Wildman–Crippen MR) is 56.1 cm³/mol. The third-order valence-electron chi connectivity index (χ3n) is 2.11. The lowest BCUT2D eigenvalue weighted by Crippen LogP contribution is -1.93. The first kappa shape index (κ1) is 10.1. The molecule has 0 aliphatic carbocycles. The number of methoxy groups -OCH3 is 1. The fourth-order valence-corrected chi connectivity index (χ4v) is 2.20. The zero-order chi connectivity index (χ0) is 10.8. The van der Waals surface area contributed by atoms with Crippen LogP contribution in [0.25, 0.3) is 0 Å². The number of nitriles is 1. The lowest BCUT2D eigenvalue weighted by atomic mass is 10.1. The zero-order valence-corrected chi connectivity index (χ0v) is 9.63. The van der Waals surface area contributed by atoms with Crippen LogP contribution < -0.4 is 14.2 Å². The van der Waals surface area contributed by atoms with E-state index in [-0.39, 0.29) is 13.2 Å². The minimum Gasteiger partial charge on any atom is -0.495 e. The van der Waals surface area contributed by atoms with E-state index in [1.165, 1.54) is 0 Å². The molecule has 0 N–H and O–H groups in total. The van der Waals surface area contributed by atoms with E-state index in [0.29, 0.717) is 21.7 Å². The molecule has 0 fully saturated rings. The normalized spacial score (nSPS) is 12.3. The standard InChI is InChI=1S/C10H8BrNO3/c1-13-9-6(2-3-12)4-7-10(8(9)11)15-5-14-7/h4H,2,5H2,1H3. The topological polar surface area (TPSA) is 51.5 Å². The summed E-state index contributed by atoms with van der Waals surface area (Å²) in [6, 6.07) is 3.85. The minimum absolute atomic E-state index is 0.201. The molecular weight excluding hydrogens is 262 g/mol. The molecule has 0 amide bonds. The highest BCUT2D eigenvalue weighted by molar-refractivity contribution is 9.10. The Hall–Kier alpha value is -1.41. The Balaban J connectivity index is 2.57. The minimum atomic E-state index is 0.201. The van der Waals surface area contributed by atoms with Gasteiger partial charge in [0.1, 0.15) is 10.2 Å². The van der Waals surface area contributed by atoms with Crippen LogP contribution >= 0.6 is 15.9 Å². The third kappa shape index (κ3) is 1.61. The highest BCUT2D eigenvalue weighted by Gasteiger charge is 2.23. The van der Waals surface area contributed by atoms with Gasteiger partial charge in [0.25, 0.3) is 0 Å². The largest absolute Gasteiger partial charge is 0.495 e. The van der Waals surface area contributed by atoms with Gasteiger partial charge in [0.15, 0.2) is 11.5 Å². The molecule has 1 aromatic rings. The molecule has 0 saturated heterocycles. The molecule has 1 aliphatic rings. The summed E-state index contributed by atoms with van der Waals surface area (Å²) in [7, 11) is 1.56. The molecule has 0 bridgehead atoms. The van der Waals surface area contributed by atoms with Gasteiger partial charge in [-0.15, -0.1) is 0 Å². The molecule has 15 heavy (non-hydrogen) atoms. The maximum Gasteiger partial charge on any atom is 0.231 e. The van der Waals surface area contributed by atoms with Crippen molar-refractivity contribution in [3.63, 3.8) is 0 Å². The van der Waals surface area contributed by atoms with Crippen LogP contribution in [0.1, 0.15) is 5.56 Å². The van der Waals surface area contributed by atoms with Crippen LogP contribution in [0.15, 0.2) is 10.5 Å². The summed E-state index contributed by atoms with van der Waals surface area (Å²) in [4.78, 5) is 0. The van der Waals surface area contributed by atoms with Gasteiger partial charge >= 0.3 is 0 Å². The Morgan fingerprint density at radius 1 is 1.60 bits per heavy atom. The van der Waals surface area contributed by atoms with E-state index in [1.54, 1.807) is 13.2 Å². The van der Waals surface area contributed by atoms with Crippen LogP contribution in [-0.4, -0.2) is 13.9 Å². The van der Waals surface area contributed by atoms with Gasteiger partial charge in [-0.25, -0.2) is 0 Å². The molecule has 78 valence electrons. The van der Waals surface area contributed by atoms with E-state index in [4.69, 9.17) is 19.5 Å². The van der Waals surface area contributed by atoms with Crippen molar-refractivity contribution in [3.8, 4) is 23.3 Å². The van der Waals surface area contributed by atoms with Gasteiger partial charge in [-0.3, -0.25) is 0 Å². The molecule has 5 heteroatoms. The quantitative estimate of drug-likeness (QED) is 0.827. The molecule has 1 aromatic carbocycles. The molecule has 1 heterocycles. The Morgan fingerprint density at radius 2 is 2.40 bits per heavy atom. The second-order valence-electron chi connectivity index (χ2n) is 2.95. The molecule has 0 spiro atoms. The molecule has 0 unspecified atom stereocenters. The van der Waals surface area contributed by atoms with Gasteiger partial charge in [0.05, 0.1) is 19.6 Å². The predicted octanol–water partition coefficient (Wildman–Crippen LogP) is 2.25. The lowest BCUT2D eigenvalue weighted by Gasteiger charge is -2.10. The van der Waals surface area contributed by atoms with Crippen LogP contribution in [0.3, 0.4) is 0 Å². The van der Waals surface area contributed by atoms with E-state index in [9.17, 15) is 0 Å². The summed E-state index contributed by atoms with van der Waals surface area (Å²) in [6.07, 6.45) is 0.276. The monoisotopic (exact) mass is 269 g/mol. The summed E-state index contributed by atoms with van der Waals surface area (Å²) in [5.74, 6) is 1.90. The Bertz CT molecular complexity index is 439. The number of rotatable bonds is 2. The molecule has 2 rings (SSSR count). The maximum absolute atomic E-state index is 8.69. The van der Waals surface area contributed by atoms with Gasteiger partial charge in [-0.05, 0) is 22.0 Å². The first-order chi connectivity index (χ1) is 7.27. The number of hydrogen-bond donors (Lipinski definition) is 0. The molecular formula is C10H8BrNO3. The van der Waals surface area contributed by atoms with E-state index in [2.05, 4.69) is 22.0 Å². The second-order valence-corrected chi connectivity index (χ2v) is 3.74. The van der Waals surface area contributed by atoms with Crippen LogP contribution in [-0.2, 0) is 6.42 Å². The van der Waals surface area contributed by atoms with Crippen molar-refractivity contribution in [1.29, 1.82) is 5.26 Å². The van der Waals surface area contributed by atoms with E-state index in [0.717, 1.165) is 5.56 Å². The molecule has 0 radical (unpaired) electrons. The zero-order valence-electron chi connectivity index (χ0n) is 8.04. The van der Waals surface area contributed by atoms with Crippen molar-refractivity contribution in [2.45, 2.75) is 6.42 Å². The highest BCUT2D eigenvalue weighted by atomic mass is 79.9. The second kappa shape index (κ2) is 3.99. The van der Waals surface area contributed by atoms with E-state index >= 15 is 0 Å². The number of halogens is 1. The van der Waals surface area contributed by atoms with Crippen LogP contribution in [0.5, 0.6) is 17.2 Å².